The third kappa shape index (κ3) is 3.87. The lowest BCUT2D eigenvalue weighted by molar-refractivity contribution is -0.286. The summed E-state index contributed by atoms with van der Waals surface area (Å²) >= 11 is 6.23. The van der Waals surface area contributed by atoms with Crippen LogP contribution >= 0.6 is 11.6 Å². The van der Waals surface area contributed by atoms with E-state index in [1.54, 1.807) is 6.07 Å². The highest BCUT2D eigenvalue weighted by atomic mass is 35.5. The van der Waals surface area contributed by atoms with Crippen molar-refractivity contribution in [2.45, 2.75) is 26.2 Å². The average Bonchev–Trinajstić information content (AvgIpc) is 2.99. The zero-order chi connectivity index (χ0) is 21.5. The fraction of sp³-hybridized carbons (Fsp3) is 0.190. The number of hydrogen-bond acceptors (Lipinski definition) is 4. The summed E-state index contributed by atoms with van der Waals surface area (Å²) in [5, 5.41) is 3.15. The van der Waals surface area contributed by atoms with E-state index in [1.807, 2.05) is 6.92 Å². The van der Waals surface area contributed by atoms with Gasteiger partial charge in [0.25, 0.3) is 0 Å². The molecule has 0 amide bonds. The highest BCUT2D eigenvalue weighted by Gasteiger charge is 2.43. The van der Waals surface area contributed by atoms with Crippen LogP contribution in [0.5, 0.6) is 11.5 Å². The summed E-state index contributed by atoms with van der Waals surface area (Å²) in [5.74, 6) is -1.59. The normalized spacial score (nSPS) is 14.1. The van der Waals surface area contributed by atoms with Crippen LogP contribution < -0.4 is 14.8 Å². The fourth-order valence-electron chi connectivity index (χ4n) is 3.15. The summed E-state index contributed by atoms with van der Waals surface area (Å²) in [7, 11) is 0. The van der Waals surface area contributed by atoms with Crippen molar-refractivity contribution in [3.63, 3.8) is 0 Å². The quantitative estimate of drug-likeness (QED) is 0.483. The second-order valence-electron chi connectivity index (χ2n) is 6.58. The molecule has 2 heterocycles. The Bertz CT molecular complexity index is 1100. The first kappa shape index (κ1) is 20.3. The number of pyridine rings is 1. The second-order valence-corrected chi connectivity index (χ2v) is 6.99. The van der Waals surface area contributed by atoms with Crippen LogP contribution in [0.3, 0.4) is 0 Å². The van der Waals surface area contributed by atoms with E-state index in [1.165, 1.54) is 36.5 Å². The van der Waals surface area contributed by atoms with Crippen molar-refractivity contribution >= 4 is 17.3 Å². The molecule has 0 radical (unpaired) electrons. The third-order valence-electron chi connectivity index (χ3n) is 4.65. The van der Waals surface area contributed by atoms with Crippen molar-refractivity contribution in [2.24, 2.45) is 0 Å². The predicted molar refractivity (Wildman–Crippen MR) is 104 cm³/mol. The largest absolute Gasteiger partial charge is 0.586 e. The Hall–Kier alpha value is -3.00. The first-order valence-corrected chi connectivity index (χ1v) is 9.40. The zero-order valence-corrected chi connectivity index (χ0v) is 16.4. The molecule has 4 nitrogen and oxygen atoms in total. The number of alkyl halides is 2. The number of ether oxygens (including phenoxy) is 2. The fourth-order valence-corrected chi connectivity index (χ4v) is 3.40. The van der Waals surface area contributed by atoms with E-state index in [9.17, 15) is 17.6 Å². The van der Waals surface area contributed by atoms with Crippen LogP contribution in [0.4, 0.5) is 23.2 Å². The molecule has 1 aliphatic heterocycles. The molecule has 156 valence electrons. The number of hydrogen-bond donors (Lipinski definition) is 1. The average molecular weight is 439 g/mol. The van der Waals surface area contributed by atoms with Crippen LogP contribution in [0.25, 0.3) is 11.3 Å². The lowest BCUT2D eigenvalue weighted by atomic mass is 10.1. The maximum absolute atomic E-state index is 13.8. The number of halogens is 5. The van der Waals surface area contributed by atoms with Gasteiger partial charge in [-0.15, -0.1) is 8.78 Å². The maximum Gasteiger partial charge on any atom is 0.586 e. The Morgan fingerprint density at radius 3 is 2.40 bits per heavy atom. The van der Waals surface area contributed by atoms with Crippen molar-refractivity contribution in [3.8, 4) is 22.8 Å². The van der Waals surface area contributed by atoms with Crippen LogP contribution in [0.2, 0.25) is 5.02 Å². The molecule has 1 N–H and O–H groups in total. The summed E-state index contributed by atoms with van der Waals surface area (Å²) in [5.41, 5.74) is 2.13. The van der Waals surface area contributed by atoms with Crippen LogP contribution in [0.1, 0.15) is 18.1 Å². The Morgan fingerprint density at radius 1 is 1.07 bits per heavy atom. The molecule has 0 atom stereocenters. The number of rotatable bonds is 5. The maximum atomic E-state index is 13.8. The molecule has 0 aliphatic carbocycles. The van der Waals surface area contributed by atoms with Gasteiger partial charge in [-0.3, -0.25) is 4.98 Å². The van der Waals surface area contributed by atoms with Crippen molar-refractivity contribution in [1.82, 2.24) is 4.98 Å². The van der Waals surface area contributed by atoms with Gasteiger partial charge in [-0.05, 0) is 36.2 Å². The minimum absolute atomic E-state index is 0.0631. The first-order valence-electron chi connectivity index (χ1n) is 9.03. The number of nitrogens with zero attached hydrogens (tertiary/aromatic N) is 1. The molecular formula is C21H15ClF4N2O2. The topological polar surface area (TPSA) is 43.4 Å². The summed E-state index contributed by atoms with van der Waals surface area (Å²) in [4.78, 5) is 4.32. The molecule has 2 aromatic carbocycles. The second kappa shape index (κ2) is 7.68. The van der Waals surface area contributed by atoms with Gasteiger partial charge < -0.3 is 14.8 Å². The van der Waals surface area contributed by atoms with Gasteiger partial charge in [-0.25, -0.2) is 8.78 Å². The molecular weight excluding hydrogens is 424 g/mol. The summed E-state index contributed by atoms with van der Waals surface area (Å²) in [6.45, 7) is 1.84. The van der Waals surface area contributed by atoms with E-state index in [4.69, 9.17) is 11.6 Å². The van der Waals surface area contributed by atoms with Crippen molar-refractivity contribution in [3.05, 3.63) is 70.4 Å². The number of benzene rings is 2. The van der Waals surface area contributed by atoms with Gasteiger partial charge in [0, 0.05) is 23.7 Å². The lowest BCUT2D eigenvalue weighted by Crippen LogP contribution is -2.25. The van der Waals surface area contributed by atoms with Gasteiger partial charge >= 0.3 is 6.29 Å². The summed E-state index contributed by atoms with van der Waals surface area (Å²) in [6, 6.07) is 7.98. The van der Waals surface area contributed by atoms with E-state index < -0.39 is 17.9 Å². The Morgan fingerprint density at radius 2 is 1.73 bits per heavy atom. The molecule has 3 aromatic rings. The van der Waals surface area contributed by atoms with E-state index >= 15 is 0 Å². The van der Waals surface area contributed by atoms with Gasteiger partial charge in [-0.2, -0.15) is 0 Å². The molecule has 0 bridgehead atoms. The molecule has 30 heavy (non-hydrogen) atoms. The molecule has 0 fully saturated rings. The van der Waals surface area contributed by atoms with Gasteiger partial charge in [0.1, 0.15) is 11.6 Å². The molecule has 1 aromatic heterocycles. The van der Waals surface area contributed by atoms with Crippen LogP contribution in [0, 0.1) is 11.6 Å². The Labute approximate surface area is 174 Å². The van der Waals surface area contributed by atoms with Crippen molar-refractivity contribution in [1.29, 1.82) is 0 Å². The molecule has 1 aliphatic rings. The number of aryl methyl sites for hydroxylation is 1. The van der Waals surface area contributed by atoms with Crippen LogP contribution in [0.15, 0.2) is 42.6 Å². The molecule has 0 spiro atoms. The Kier molecular flexibility index (Phi) is 5.19. The van der Waals surface area contributed by atoms with Crippen LogP contribution in [-0.4, -0.2) is 11.3 Å². The van der Waals surface area contributed by atoms with E-state index in [0.29, 0.717) is 23.4 Å². The van der Waals surface area contributed by atoms with E-state index in [-0.39, 0.29) is 28.6 Å². The summed E-state index contributed by atoms with van der Waals surface area (Å²) < 4.78 is 63.1. The molecule has 0 saturated carbocycles. The third-order valence-corrected chi connectivity index (χ3v) is 4.97. The molecule has 0 saturated heterocycles. The monoisotopic (exact) mass is 438 g/mol. The standard InChI is InChI=1S/C21H15ClF4N2O2/c1-2-11-6-17(12-7-19-20(8-14(12)22)30-21(25,26)29-19)28-10-18(11)27-9-13-15(23)4-3-5-16(13)24/h3-8,10,27H,2,9H2,1H3. The number of aromatic nitrogens is 1. The van der Waals surface area contributed by atoms with E-state index in [2.05, 4.69) is 19.8 Å². The van der Waals surface area contributed by atoms with Crippen molar-refractivity contribution < 1.29 is 27.0 Å². The van der Waals surface area contributed by atoms with Crippen molar-refractivity contribution in [2.75, 3.05) is 5.32 Å². The van der Waals surface area contributed by atoms with Gasteiger partial charge in [-0.1, -0.05) is 24.6 Å². The number of anilines is 1. The minimum atomic E-state index is -3.75. The first-order chi connectivity index (χ1) is 14.3. The van der Waals surface area contributed by atoms with Gasteiger partial charge in [0.2, 0.25) is 0 Å². The number of nitrogens with one attached hydrogen (secondary N) is 1. The minimum Gasteiger partial charge on any atom is -0.395 e. The van der Waals surface area contributed by atoms with Gasteiger partial charge in [0.05, 0.1) is 22.6 Å². The highest BCUT2D eigenvalue weighted by Crippen LogP contribution is 2.46. The molecule has 0 unspecified atom stereocenters. The molecule has 4 rings (SSSR count). The van der Waals surface area contributed by atoms with Crippen LogP contribution in [-0.2, 0) is 13.0 Å². The number of fused-ring (bicyclic) bond motifs is 1. The Balaban J connectivity index is 1.62. The zero-order valence-electron chi connectivity index (χ0n) is 15.6. The summed E-state index contributed by atoms with van der Waals surface area (Å²) in [6.07, 6.45) is -1.66. The molecule has 9 heteroatoms. The SMILES string of the molecule is CCc1cc(-c2cc3c(cc2Cl)OC(F)(F)O3)ncc1NCc1c(F)cccc1F. The van der Waals surface area contributed by atoms with Gasteiger partial charge in [0.15, 0.2) is 11.5 Å². The lowest BCUT2D eigenvalue weighted by Gasteiger charge is -2.14. The highest BCUT2D eigenvalue weighted by molar-refractivity contribution is 6.33. The van der Waals surface area contributed by atoms with E-state index in [0.717, 1.165) is 5.56 Å². The predicted octanol–water partition coefficient (Wildman–Crippen LogP) is 6.18. The smallest absolute Gasteiger partial charge is 0.395 e.